The molecule has 4 aromatic rings. The molecule has 0 bridgehead atoms. The third kappa shape index (κ3) is 8.32. The zero-order chi connectivity index (χ0) is 31.9. The van der Waals surface area contributed by atoms with Gasteiger partial charge >= 0.3 is 0 Å². The summed E-state index contributed by atoms with van der Waals surface area (Å²) in [6, 6.07) is 20.4. The van der Waals surface area contributed by atoms with Crippen molar-refractivity contribution in [2.75, 3.05) is 0 Å². The molecule has 44 heavy (non-hydrogen) atoms. The Morgan fingerprint density at radius 3 is 1.86 bits per heavy atom. The number of nitrogens with zero attached hydrogens (tertiary/aromatic N) is 1. The number of amides is 1. The summed E-state index contributed by atoms with van der Waals surface area (Å²) in [6.45, 7) is 5.25. The summed E-state index contributed by atoms with van der Waals surface area (Å²) >= 11 is 0. The van der Waals surface area contributed by atoms with Gasteiger partial charge in [-0.1, -0.05) is 100.0 Å². The number of hydrogen-bond donors (Lipinski definition) is 3. The molecule has 10 nitrogen and oxygen atoms in total. The van der Waals surface area contributed by atoms with E-state index in [1.807, 2.05) is 6.92 Å². The van der Waals surface area contributed by atoms with Crippen LogP contribution in [0.3, 0.4) is 0 Å². The predicted octanol–water partition coefficient (Wildman–Crippen LogP) is 4.07. The van der Waals surface area contributed by atoms with Gasteiger partial charge in [0.1, 0.15) is 11.6 Å². The fraction of sp³-hybridized carbons (Fsp3) is 0.375. The van der Waals surface area contributed by atoms with E-state index >= 15 is 0 Å². The summed E-state index contributed by atoms with van der Waals surface area (Å²) < 4.78 is 59.8. The number of para-hydroxylation sites is 2. The second kappa shape index (κ2) is 14.5. The number of carbonyl (C=O) groups excluding carboxylic acids is 1. The van der Waals surface area contributed by atoms with Gasteiger partial charge in [0.25, 0.3) is 0 Å². The Kier molecular flexibility index (Phi) is 11.0. The van der Waals surface area contributed by atoms with Gasteiger partial charge in [0.05, 0.1) is 17.5 Å². The number of rotatable bonds is 15. The average Bonchev–Trinajstić information content (AvgIpc) is 3.41. The number of benzene rings is 3. The number of oxazole rings is 1. The lowest BCUT2D eigenvalue weighted by Crippen LogP contribution is -2.60. The van der Waals surface area contributed by atoms with Gasteiger partial charge in [-0.3, -0.25) is 4.79 Å². The Bertz CT molecular complexity index is 1640. The highest BCUT2D eigenvalue weighted by Gasteiger charge is 2.47. The Labute approximate surface area is 258 Å². The van der Waals surface area contributed by atoms with Crippen LogP contribution >= 0.6 is 0 Å². The minimum atomic E-state index is -4.49. The summed E-state index contributed by atoms with van der Waals surface area (Å²) in [5.74, 6) is -2.05. The molecular weight excluding hydrogens is 603 g/mol. The van der Waals surface area contributed by atoms with E-state index in [-0.39, 0.29) is 12.3 Å². The Morgan fingerprint density at radius 2 is 1.36 bits per heavy atom. The minimum Gasteiger partial charge on any atom is -0.438 e. The quantitative estimate of drug-likeness (QED) is 0.174. The third-order valence-electron chi connectivity index (χ3n) is 7.07. The number of sulfone groups is 2. The third-order valence-corrected chi connectivity index (χ3v) is 12.3. The summed E-state index contributed by atoms with van der Waals surface area (Å²) in [7, 11) is -8.97. The maximum Gasteiger partial charge on any atom is 0.239 e. The summed E-state index contributed by atoms with van der Waals surface area (Å²) in [6.07, 6.45) is -0.531. The molecule has 1 heterocycles. The topological polar surface area (TPSA) is 156 Å². The molecule has 1 aromatic heterocycles. The first-order chi connectivity index (χ1) is 20.9. The van der Waals surface area contributed by atoms with Gasteiger partial charge in [0.2, 0.25) is 11.8 Å². The van der Waals surface area contributed by atoms with Crippen LogP contribution in [0.1, 0.15) is 56.7 Å². The molecule has 3 N–H and O–H groups in total. The zero-order valence-corrected chi connectivity index (χ0v) is 26.6. The van der Waals surface area contributed by atoms with Crippen molar-refractivity contribution in [2.45, 2.75) is 73.9 Å². The van der Waals surface area contributed by atoms with Gasteiger partial charge in [-0.25, -0.2) is 21.8 Å². The van der Waals surface area contributed by atoms with Gasteiger partial charge in [-0.15, -0.1) is 0 Å². The summed E-state index contributed by atoms with van der Waals surface area (Å²) in [5.41, 5.74) is 1.78. The summed E-state index contributed by atoms with van der Waals surface area (Å²) in [5, 5.41) is 16.9. The second-order valence-corrected chi connectivity index (χ2v) is 15.7. The van der Waals surface area contributed by atoms with Crippen molar-refractivity contribution in [2.24, 2.45) is 0 Å². The number of aliphatic hydroxyl groups excluding tert-OH is 1. The van der Waals surface area contributed by atoms with E-state index in [4.69, 9.17) is 4.42 Å². The van der Waals surface area contributed by atoms with Crippen LogP contribution in [0.2, 0.25) is 0 Å². The van der Waals surface area contributed by atoms with Crippen molar-refractivity contribution in [3.8, 4) is 0 Å². The fourth-order valence-corrected chi connectivity index (χ4v) is 10.2. The highest BCUT2D eigenvalue weighted by Crippen LogP contribution is 2.27. The van der Waals surface area contributed by atoms with E-state index in [2.05, 4.69) is 15.6 Å². The van der Waals surface area contributed by atoms with Crippen LogP contribution in [-0.2, 0) is 36.0 Å². The Balaban J connectivity index is 1.73. The van der Waals surface area contributed by atoms with Gasteiger partial charge in [-0.2, -0.15) is 0 Å². The second-order valence-electron chi connectivity index (χ2n) is 11.1. The van der Waals surface area contributed by atoms with Crippen LogP contribution < -0.4 is 10.6 Å². The van der Waals surface area contributed by atoms with Gasteiger partial charge in [-0.05, 0) is 29.7 Å². The molecule has 0 saturated heterocycles. The Hall–Kier alpha value is -3.58. The van der Waals surface area contributed by atoms with Gasteiger partial charge < -0.3 is 20.2 Å². The molecule has 0 fully saturated rings. The number of aromatic nitrogens is 1. The molecule has 0 aliphatic carbocycles. The first-order valence-electron chi connectivity index (χ1n) is 14.5. The molecule has 3 atom stereocenters. The maximum absolute atomic E-state index is 14.1. The lowest BCUT2D eigenvalue weighted by Gasteiger charge is -2.31. The molecule has 3 aromatic carbocycles. The van der Waals surface area contributed by atoms with E-state index in [0.29, 0.717) is 28.6 Å². The molecule has 12 heteroatoms. The van der Waals surface area contributed by atoms with Gasteiger partial charge in [0.15, 0.2) is 35.9 Å². The van der Waals surface area contributed by atoms with Crippen LogP contribution in [0.4, 0.5) is 0 Å². The molecule has 236 valence electrons. The predicted molar refractivity (Wildman–Crippen MR) is 170 cm³/mol. The molecule has 1 amide bonds. The Morgan fingerprint density at radius 1 is 0.841 bits per heavy atom. The summed E-state index contributed by atoms with van der Waals surface area (Å²) in [4.78, 5) is 18.4. The standard InChI is InChI=1S/C32H39N3O7S2/c1-4-13-26(29(36)31-35-25-18-11-12-19-27(25)42-31)34-30(37)28(33-22(2)3)32(43(38,39)20-23-14-7-5-8-15-23)44(40,41)21-24-16-9-6-10-17-24/h5-12,14-19,22,26,28-29,32-33,36H,4,13,20-21H2,1-3H3,(H,34,37)/t26-,28+,29?/m0/s1. The van der Waals surface area contributed by atoms with E-state index < -0.39 is 65.9 Å². The lowest BCUT2D eigenvalue weighted by atomic mass is 10.0. The number of fused-ring (bicyclic) bond motifs is 1. The number of nitrogens with one attached hydrogen (secondary N) is 2. The SMILES string of the molecule is CCC[C@H](NC(=O)[C@@H](NC(C)C)C(S(=O)(=O)Cc1ccccc1)S(=O)(=O)Cc1ccccc1)C(O)c1nc2ccccc2o1. The van der Waals surface area contributed by atoms with Crippen LogP contribution in [0.15, 0.2) is 89.3 Å². The number of carbonyl (C=O) groups is 1. The monoisotopic (exact) mass is 641 g/mol. The lowest BCUT2D eigenvalue weighted by molar-refractivity contribution is -0.124. The van der Waals surface area contributed by atoms with Crippen LogP contribution in [-0.4, -0.2) is 55.5 Å². The van der Waals surface area contributed by atoms with Crippen molar-refractivity contribution in [3.05, 3.63) is 102 Å². The van der Waals surface area contributed by atoms with Crippen molar-refractivity contribution >= 4 is 36.7 Å². The molecule has 0 spiro atoms. The van der Waals surface area contributed by atoms with E-state index in [0.717, 1.165) is 0 Å². The van der Waals surface area contributed by atoms with Crippen molar-refractivity contribution in [3.63, 3.8) is 0 Å². The van der Waals surface area contributed by atoms with E-state index in [9.17, 15) is 26.7 Å². The van der Waals surface area contributed by atoms with E-state index in [1.165, 1.54) is 0 Å². The smallest absolute Gasteiger partial charge is 0.239 e. The van der Waals surface area contributed by atoms with Crippen LogP contribution in [0.25, 0.3) is 11.1 Å². The van der Waals surface area contributed by atoms with Crippen molar-refractivity contribution in [1.82, 2.24) is 15.6 Å². The van der Waals surface area contributed by atoms with Crippen molar-refractivity contribution < 1.29 is 31.2 Å². The fourth-order valence-electron chi connectivity index (χ4n) is 5.13. The molecule has 4 rings (SSSR count). The molecule has 1 unspecified atom stereocenters. The molecule has 0 saturated carbocycles. The number of aliphatic hydroxyl groups is 1. The largest absolute Gasteiger partial charge is 0.438 e. The number of hydrogen-bond acceptors (Lipinski definition) is 9. The first kappa shape index (κ1) is 33.3. The minimum absolute atomic E-state index is 0.0109. The maximum atomic E-state index is 14.1. The highest BCUT2D eigenvalue weighted by atomic mass is 32.3. The first-order valence-corrected chi connectivity index (χ1v) is 17.9. The molecule has 0 radical (unpaired) electrons. The normalized spacial score (nSPS) is 14.5. The molecule has 0 aliphatic rings. The van der Waals surface area contributed by atoms with E-state index in [1.54, 1.807) is 98.8 Å². The van der Waals surface area contributed by atoms with Crippen LogP contribution in [0, 0.1) is 0 Å². The van der Waals surface area contributed by atoms with Crippen molar-refractivity contribution in [1.29, 1.82) is 0 Å². The molecular formula is C32H39N3O7S2. The highest BCUT2D eigenvalue weighted by molar-refractivity contribution is 8.08. The zero-order valence-electron chi connectivity index (χ0n) is 25.0. The average molecular weight is 642 g/mol. The molecule has 0 aliphatic heterocycles. The van der Waals surface area contributed by atoms with Crippen LogP contribution in [0.5, 0.6) is 0 Å². The van der Waals surface area contributed by atoms with Gasteiger partial charge in [0, 0.05) is 6.04 Å².